The Morgan fingerprint density at radius 3 is 2.44 bits per heavy atom. The second-order valence-corrected chi connectivity index (χ2v) is 6.65. The summed E-state index contributed by atoms with van der Waals surface area (Å²) in [6.07, 6.45) is 1.05. The van der Waals surface area contributed by atoms with E-state index in [1.165, 1.54) is 0 Å². The number of nitrogens with zero attached hydrogens (tertiary/aromatic N) is 2. The molecule has 0 unspecified atom stereocenters. The molecule has 27 heavy (non-hydrogen) atoms. The fourth-order valence-electron chi connectivity index (χ4n) is 3.51. The molecule has 1 fully saturated rings. The normalized spacial score (nSPS) is 16.5. The van der Waals surface area contributed by atoms with Gasteiger partial charge in [-0.15, -0.1) is 12.4 Å². The van der Waals surface area contributed by atoms with Gasteiger partial charge in [-0.25, -0.2) is 0 Å². The van der Waals surface area contributed by atoms with Crippen LogP contribution in [0.3, 0.4) is 0 Å². The average molecular weight is 391 g/mol. The second-order valence-electron chi connectivity index (χ2n) is 6.65. The first kappa shape index (κ1) is 19.6. The van der Waals surface area contributed by atoms with Crippen LogP contribution in [0, 0.1) is 0 Å². The highest BCUT2D eigenvalue weighted by Gasteiger charge is 2.23. The zero-order chi connectivity index (χ0) is 17.6. The van der Waals surface area contributed by atoms with Crippen molar-refractivity contribution in [2.24, 2.45) is 0 Å². The Bertz CT molecular complexity index is 706. The molecule has 2 heterocycles. The van der Waals surface area contributed by atoms with Crippen molar-refractivity contribution in [3.63, 3.8) is 0 Å². The van der Waals surface area contributed by atoms with Crippen molar-refractivity contribution < 1.29 is 14.2 Å². The smallest absolute Gasteiger partial charge is 0.184 e. The lowest BCUT2D eigenvalue weighted by Gasteiger charge is -2.37. The first-order valence-electron chi connectivity index (χ1n) is 9.44. The van der Waals surface area contributed by atoms with E-state index in [2.05, 4.69) is 21.9 Å². The fourth-order valence-corrected chi connectivity index (χ4v) is 3.51. The van der Waals surface area contributed by atoms with Crippen molar-refractivity contribution in [3.05, 3.63) is 48.5 Å². The summed E-state index contributed by atoms with van der Waals surface area (Å²) in [4.78, 5) is 4.92. The summed E-state index contributed by atoms with van der Waals surface area (Å²) < 4.78 is 17.3. The van der Waals surface area contributed by atoms with Gasteiger partial charge in [0, 0.05) is 32.7 Å². The Kier molecular flexibility index (Phi) is 7.07. The van der Waals surface area contributed by atoms with Gasteiger partial charge in [0.05, 0.1) is 12.3 Å². The van der Waals surface area contributed by atoms with E-state index in [9.17, 15) is 0 Å². The van der Waals surface area contributed by atoms with Gasteiger partial charge in [-0.05, 0) is 30.7 Å². The third-order valence-corrected chi connectivity index (χ3v) is 4.89. The van der Waals surface area contributed by atoms with Crippen LogP contribution >= 0.6 is 12.4 Å². The van der Waals surface area contributed by atoms with Crippen LogP contribution in [-0.4, -0.2) is 57.4 Å². The summed E-state index contributed by atoms with van der Waals surface area (Å²) in [5.41, 5.74) is 1.16. The topological polar surface area (TPSA) is 34.2 Å². The van der Waals surface area contributed by atoms with Gasteiger partial charge >= 0.3 is 0 Å². The Hall–Kier alpha value is -2.11. The van der Waals surface area contributed by atoms with E-state index in [0.29, 0.717) is 13.2 Å². The van der Waals surface area contributed by atoms with Crippen molar-refractivity contribution in [1.29, 1.82) is 0 Å². The predicted octanol–water partition coefficient (Wildman–Crippen LogP) is 3.47. The van der Waals surface area contributed by atoms with Crippen molar-refractivity contribution in [1.82, 2.24) is 4.90 Å². The number of ether oxygens (including phenoxy) is 3. The third-order valence-electron chi connectivity index (χ3n) is 4.89. The minimum Gasteiger partial charge on any atom is -0.494 e. The fraction of sp³-hybridized carbons (Fsp3) is 0.429. The van der Waals surface area contributed by atoms with Crippen LogP contribution in [0.5, 0.6) is 17.2 Å². The summed E-state index contributed by atoms with van der Waals surface area (Å²) in [5.74, 6) is 2.73. The Labute approximate surface area is 167 Å². The Morgan fingerprint density at radius 2 is 1.63 bits per heavy atom. The standard InChI is InChI=1S/C21H26N2O3.ClH/c1-2-6-18(7-3-1)24-15-5-10-22-11-13-23(14-12-22)19-8-4-9-20-21(19)26-17-16-25-20;/h1-4,6-9H,5,10-17H2;1H. The van der Waals surface area contributed by atoms with Crippen molar-refractivity contribution >= 4 is 18.1 Å². The summed E-state index contributed by atoms with van der Waals surface area (Å²) in [6.45, 7) is 7.26. The van der Waals surface area contributed by atoms with Crippen LogP contribution < -0.4 is 19.1 Å². The molecule has 0 aliphatic carbocycles. The molecule has 0 amide bonds. The minimum absolute atomic E-state index is 0. The van der Waals surface area contributed by atoms with E-state index >= 15 is 0 Å². The van der Waals surface area contributed by atoms with Crippen LogP contribution in [0.4, 0.5) is 5.69 Å². The number of para-hydroxylation sites is 2. The van der Waals surface area contributed by atoms with Gasteiger partial charge in [0.2, 0.25) is 0 Å². The Morgan fingerprint density at radius 1 is 0.852 bits per heavy atom. The lowest BCUT2D eigenvalue weighted by atomic mass is 10.2. The quantitative estimate of drug-likeness (QED) is 0.705. The highest BCUT2D eigenvalue weighted by molar-refractivity contribution is 5.85. The maximum Gasteiger partial charge on any atom is 0.184 e. The van der Waals surface area contributed by atoms with Crippen LogP contribution in [0.15, 0.2) is 48.5 Å². The Balaban J connectivity index is 0.00000210. The molecular formula is C21H27ClN2O3. The number of fused-ring (bicyclic) bond motifs is 1. The van der Waals surface area contributed by atoms with Gasteiger partial charge in [-0.1, -0.05) is 24.3 Å². The number of anilines is 1. The van der Waals surface area contributed by atoms with E-state index in [1.54, 1.807) is 0 Å². The van der Waals surface area contributed by atoms with E-state index in [1.807, 2.05) is 36.4 Å². The van der Waals surface area contributed by atoms with Crippen LogP contribution in [0.1, 0.15) is 6.42 Å². The van der Waals surface area contributed by atoms with Gasteiger partial charge < -0.3 is 19.1 Å². The molecule has 5 nitrogen and oxygen atoms in total. The van der Waals surface area contributed by atoms with Gasteiger partial charge in [0.25, 0.3) is 0 Å². The summed E-state index contributed by atoms with van der Waals surface area (Å²) in [5, 5.41) is 0. The van der Waals surface area contributed by atoms with E-state index in [0.717, 1.165) is 68.7 Å². The molecule has 0 N–H and O–H groups in total. The van der Waals surface area contributed by atoms with E-state index in [-0.39, 0.29) is 12.4 Å². The maximum atomic E-state index is 5.86. The first-order chi connectivity index (χ1) is 12.9. The molecule has 6 heteroatoms. The number of hydrogen-bond donors (Lipinski definition) is 0. The molecule has 0 saturated carbocycles. The third kappa shape index (κ3) is 4.99. The van der Waals surface area contributed by atoms with Gasteiger partial charge in [-0.2, -0.15) is 0 Å². The lowest BCUT2D eigenvalue weighted by Crippen LogP contribution is -2.47. The molecule has 4 rings (SSSR count). The number of rotatable bonds is 6. The molecule has 0 spiro atoms. The summed E-state index contributed by atoms with van der Waals surface area (Å²) >= 11 is 0. The van der Waals surface area contributed by atoms with Crippen molar-refractivity contribution in [2.45, 2.75) is 6.42 Å². The van der Waals surface area contributed by atoms with Crippen molar-refractivity contribution in [2.75, 3.05) is 57.4 Å². The predicted molar refractivity (Wildman–Crippen MR) is 110 cm³/mol. The van der Waals surface area contributed by atoms with Crippen LogP contribution in [-0.2, 0) is 0 Å². The molecule has 146 valence electrons. The first-order valence-corrected chi connectivity index (χ1v) is 9.44. The molecule has 2 aliphatic heterocycles. The maximum absolute atomic E-state index is 5.86. The number of piperazine rings is 1. The van der Waals surface area contributed by atoms with Crippen LogP contribution in [0.2, 0.25) is 0 Å². The summed E-state index contributed by atoms with van der Waals surface area (Å²) in [6, 6.07) is 16.2. The highest BCUT2D eigenvalue weighted by atomic mass is 35.5. The molecule has 2 aliphatic rings. The van der Waals surface area contributed by atoms with Gasteiger partial charge in [0.15, 0.2) is 11.5 Å². The SMILES string of the molecule is Cl.c1ccc(OCCCN2CCN(c3cccc4c3OCCO4)CC2)cc1. The average Bonchev–Trinajstić information content (AvgIpc) is 2.72. The molecular weight excluding hydrogens is 364 g/mol. The minimum atomic E-state index is 0. The molecule has 0 bridgehead atoms. The molecule has 1 saturated heterocycles. The van der Waals surface area contributed by atoms with E-state index < -0.39 is 0 Å². The van der Waals surface area contributed by atoms with Gasteiger partial charge in [0.1, 0.15) is 19.0 Å². The number of halogens is 1. The summed E-state index contributed by atoms with van der Waals surface area (Å²) in [7, 11) is 0. The van der Waals surface area contributed by atoms with Crippen LogP contribution in [0.25, 0.3) is 0 Å². The lowest BCUT2D eigenvalue weighted by molar-refractivity contribution is 0.171. The molecule has 0 aromatic heterocycles. The molecule has 0 atom stereocenters. The number of benzene rings is 2. The monoisotopic (exact) mass is 390 g/mol. The van der Waals surface area contributed by atoms with E-state index in [4.69, 9.17) is 14.2 Å². The second kappa shape index (κ2) is 9.72. The zero-order valence-corrected chi connectivity index (χ0v) is 16.3. The highest BCUT2D eigenvalue weighted by Crippen LogP contribution is 2.39. The molecule has 0 radical (unpaired) electrons. The zero-order valence-electron chi connectivity index (χ0n) is 15.5. The molecule has 2 aromatic rings. The number of hydrogen-bond acceptors (Lipinski definition) is 5. The largest absolute Gasteiger partial charge is 0.494 e. The molecule has 2 aromatic carbocycles. The van der Waals surface area contributed by atoms with Gasteiger partial charge in [-0.3, -0.25) is 4.90 Å². The van der Waals surface area contributed by atoms with Crippen molar-refractivity contribution in [3.8, 4) is 17.2 Å².